The van der Waals surface area contributed by atoms with E-state index in [2.05, 4.69) is 11.7 Å². The number of rotatable bonds is 3. The second kappa shape index (κ2) is 4.49. The van der Waals surface area contributed by atoms with Gasteiger partial charge >= 0.3 is 5.97 Å². The van der Waals surface area contributed by atoms with E-state index in [1.165, 1.54) is 12.7 Å². The molecular formula is C14H18O3. The van der Waals surface area contributed by atoms with Crippen molar-refractivity contribution < 1.29 is 14.6 Å². The lowest BCUT2D eigenvalue weighted by Crippen LogP contribution is -2.44. The van der Waals surface area contributed by atoms with E-state index in [9.17, 15) is 9.90 Å². The first-order valence-corrected chi connectivity index (χ1v) is 5.98. The van der Waals surface area contributed by atoms with Gasteiger partial charge in [0, 0.05) is 0 Å². The molecule has 0 amide bonds. The van der Waals surface area contributed by atoms with E-state index in [0.717, 1.165) is 12.0 Å². The fraction of sp³-hybridized carbons (Fsp3) is 0.500. The number of ether oxygens (including phenoxy) is 1. The lowest BCUT2D eigenvalue weighted by molar-refractivity contribution is -0.163. The van der Waals surface area contributed by atoms with Gasteiger partial charge in [0.25, 0.3) is 0 Å². The van der Waals surface area contributed by atoms with Crippen molar-refractivity contribution in [3.8, 4) is 0 Å². The molecule has 0 unspecified atom stereocenters. The molecule has 0 aromatic heterocycles. The first kappa shape index (κ1) is 12.1. The van der Waals surface area contributed by atoms with Crippen molar-refractivity contribution >= 4 is 5.97 Å². The molecule has 0 spiro atoms. The predicted molar refractivity (Wildman–Crippen MR) is 64.5 cm³/mol. The molecule has 1 aromatic rings. The average molecular weight is 234 g/mol. The van der Waals surface area contributed by atoms with Gasteiger partial charge in [0.2, 0.25) is 0 Å². The standard InChI is InChI=1S/C14H18O3/c1-3-10-5-4-6-12(7-10)14(16)8-11(9-14)13(15)17-2/h4-7,11,16H,3,8-9H2,1-2H3. The topological polar surface area (TPSA) is 46.5 Å². The van der Waals surface area contributed by atoms with Gasteiger partial charge in [0.1, 0.15) is 0 Å². The minimum Gasteiger partial charge on any atom is -0.469 e. The van der Waals surface area contributed by atoms with Gasteiger partial charge in [-0.25, -0.2) is 0 Å². The molecule has 2 rings (SSSR count). The Morgan fingerprint density at radius 1 is 1.53 bits per heavy atom. The second-order valence-electron chi connectivity index (χ2n) is 4.71. The van der Waals surface area contributed by atoms with Gasteiger partial charge in [-0.2, -0.15) is 0 Å². The number of carbonyl (C=O) groups is 1. The number of esters is 1. The lowest BCUT2D eigenvalue weighted by atomic mass is 9.67. The van der Waals surface area contributed by atoms with E-state index in [-0.39, 0.29) is 11.9 Å². The van der Waals surface area contributed by atoms with Crippen LogP contribution in [0.15, 0.2) is 24.3 Å². The Morgan fingerprint density at radius 3 is 2.82 bits per heavy atom. The zero-order chi connectivity index (χ0) is 12.5. The van der Waals surface area contributed by atoms with E-state index in [0.29, 0.717) is 12.8 Å². The fourth-order valence-electron chi connectivity index (χ4n) is 2.41. The molecule has 3 nitrogen and oxygen atoms in total. The molecule has 0 bridgehead atoms. The van der Waals surface area contributed by atoms with Crippen LogP contribution < -0.4 is 0 Å². The molecule has 0 heterocycles. The van der Waals surface area contributed by atoms with Crippen molar-refractivity contribution in [3.63, 3.8) is 0 Å². The van der Waals surface area contributed by atoms with Crippen LogP contribution in [0.1, 0.15) is 30.9 Å². The number of aryl methyl sites for hydroxylation is 1. The molecule has 1 N–H and O–H groups in total. The maximum absolute atomic E-state index is 11.3. The number of methoxy groups -OCH3 is 1. The van der Waals surface area contributed by atoms with Crippen LogP contribution >= 0.6 is 0 Å². The molecule has 1 aliphatic rings. The Balaban J connectivity index is 2.11. The summed E-state index contributed by atoms with van der Waals surface area (Å²) >= 11 is 0. The van der Waals surface area contributed by atoms with Crippen LogP contribution in [-0.4, -0.2) is 18.2 Å². The Hall–Kier alpha value is -1.35. The van der Waals surface area contributed by atoms with Crippen LogP contribution in [-0.2, 0) is 21.6 Å². The highest BCUT2D eigenvalue weighted by atomic mass is 16.5. The molecule has 1 aliphatic carbocycles. The van der Waals surface area contributed by atoms with Crippen molar-refractivity contribution in [3.05, 3.63) is 35.4 Å². The molecule has 1 saturated carbocycles. The number of aliphatic hydroxyl groups is 1. The predicted octanol–water partition coefficient (Wildman–Crippen LogP) is 2.02. The minimum atomic E-state index is -0.843. The van der Waals surface area contributed by atoms with Crippen LogP contribution in [0.4, 0.5) is 0 Å². The Morgan fingerprint density at radius 2 is 2.24 bits per heavy atom. The maximum Gasteiger partial charge on any atom is 0.308 e. The molecule has 0 radical (unpaired) electrons. The number of hydrogen-bond donors (Lipinski definition) is 1. The summed E-state index contributed by atoms with van der Waals surface area (Å²) in [5.74, 6) is -0.378. The Labute approximate surface area is 101 Å². The van der Waals surface area contributed by atoms with Crippen LogP contribution in [0.25, 0.3) is 0 Å². The van der Waals surface area contributed by atoms with E-state index in [1.54, 1.807) is 0 Å². The van der Waals surface area contributed by atoms with E-state index in [1.807, 2.05) is 24.3 Å². The molecule has 17 heavy (non-hydrogen) atoms. The van der Waals surface area contributed by atoms with Crippen LogP contribution in [0.2, 0.25) is 0 Å². The summed E-state index contributed by atoms with van der Waals surface area (Å²) in [5.41, 5.74) is 1.28. The average Bonchev–Trinajstić information content (AvgIpc) is 2.34. The molecule has 0 saturated heterocycles. The number of hydrogen-bond acceptors (Lipinski definition) is 3. The summed E-state index contributed by atoms with van der Waals surface area (Å²) in [7, 11) is 1.39. The fourth-order valence-corrected chi connectivity index (χ4v) is 2.41. The van der Waals surface area contributed by atoms with Gasteiger partial charge in [-0.15, -0.1) is 0 Å². The zero-order valence-electron chi connectivity index (χ0n) is 10.3. The lowest BCUT2D eigenvalue weighted by Gasteiger charge is -2.42. The quantitative estimate of drug-likeness (QED) is 0.814. The van der Waals surface area contributed by atoms with Gasteiger partial charge < -0.3 is 9.84 Å². The summed E-state index contributed by atoms with van der Waals surface area (Å²) < 4.78 is 4.68. The monoisotopic (exact) mass is 234 g/mol. The summed E-state index contributed by atoms with van der Waals surface area (Å²) in [5, 5.41) is 10.4. The Kier molecular flexibility index (Phi) is 3.20. The largest absolute Gasteiger partial charge is 0.469 e. The molecule has 0 atom stereocenters. The van der Waals surface area contributed by atoms with Crippen molar-refractivity contribution in [1.82, 2.24) is 0 Å². The molecule has 0 aliphatic heterocycles. The van der Waals surface area contributed by atoms with Gasteiger partial charge in [-0.1, -0.05) is 31.2 Å². The third-order valence-corrected chi connectivity index (χ3v) is 3.58. The third-order valence-electron chi connectivity index (χ3n) is 3.58. The van der Waals surface area contributed by atoms with Crippen LogP contribution in [0.5, 0.6) is 0 Å². The van der Waals surface area contributed by atoms with Crippen molar-refractivity contribution in [2.75, 3.05) is 7.11 Å². The van der Waals surface area contributed by atoms with E-state index < -0.39 is 5.60 Å². The minimum absolute atomic E-state index is 0.157. The SMILES string of the molecule is CCc1cccc(C2(O)CC(C(=O)OC)C2)c1. The number of benzene rings is 1. The van der Waals surface area contributed by atoms with Gasteiger partial charge in [0.15, 0.2) is 0 Å². The first-order valence-electron chi connectivity index (χ1n) is 5.98. The van der Waals surface area contributed by atoms with E-state index in [4.69, 9.17) is 0 Å². The van der Waals surface area contributed by atoms with Crippen molar-refractivity contribution in [1.29, 1.82) is 0 Å². The molecular weight excluding hydrogens is 216 g/mol. The molecule has 3 heteroatoms. The third kappa shape index (κ3) is 2.20. The normalized spacial score (nSPS) is 27.4. The Bertz CT molecular complexity index is 419. The first-order chi connectivity index (χ1) is 8.09. The zero-order valence-corrected chi connectivity index (χ0v) is 10.3. The summed E-state index contributed by atoms with van der Waals surface area (Å²) in [4.78, 5) is 11.3. The highest BCUT2D eigenvalue weighted by Gasteiger charge is 2.47. The molecule has 1 aromatic carbocycles. The molecule has 92 valence electrons. The number of carbonyl (C=O) groups excluding carboxylic acids is 1. The highest BCUT2D eigenvalue weighted by Crippen LogP contribution is 2.46. The van der Waals surface area contributed by atoms with Crippen LogP contribution in [0.3, 0.4) is 0 Å². The summed E-state index contributed by atoms with van der Waals surface area (Å²) in [6.45, 7) is 2.08. The smallest absolute Gasteiger partial charge is 0.308 e. The van der Waals surface area contributed by atoms with Crippen molar-refractivity contribution in [2.45, 2.75) is 31.8 Å². The van der Waals surface area contributed by atoms with Crippen LogP contribution in [0, 0.1) is 5.92 Å². The highest BCUT2D eigenvalue weighted by molar-refractivity contribution is 5.74. The summed E-state index contributed by atoms with van der Waals surface area (Å²) in [6.07, 6.45) is 1.88. The van der Waals surface area contributed by atoms with Gasteiger partial charge in [0.05, 0.1) is 18.6 Å². The van der Waals surface area contributed by atoms with Gasteiger partial charge in [-0.05, 0) is 30.4 Å². The second-order valence-corrected chi connectivity index (χ2v) is 4.71. The molecule has 1 fully saturated rings. The van der Waals surface area contributed by atoms with Crippen molar-refractivity contribution in [2.24, 2.45) is 5.92 Å². The van der Waals surface area contributed by atoms with E-state index >= 15 is 0 Å². The van der Waals surface area contributed by atoms with Gasteiger partial charge in [-0.3, -0.25) is 4.79 Å². The summed E-state index contributed by atoms with van der Waals surface area (Å²) in [6, 6.07) is 7.95. The maximum atomic E-state index is 11.3.